The summed E-state index contributed by atoms with van der Waals surface area (Å²) in [4.78, 5) is 39.5. The van der Waals surface area contributed by atoms with E-state index >= 15 is 4.39 Å². The molecule has 7 nitrogen and oxygen atoms in total. The summed E-state index contributed by atoms with van der Waals surface area (Å²) in [6.45, 7) is 13.9. The van der Waals surface area contributed by atoms with E-state index in [4.69, 9.17) is 9.47 Å². The van der Waals surface area contributed by atoms with Gasteiger partial charge in [0.15, 0.2) is 11.5 Å². The van der Waals surface area contributed by atoms with Crippen molar-refractivity contribution in [3.05, 3.63) is 23.3 Å². The molecule has 212 valence electrons. The van der Waals surface area contributed by atoms with Crippen molar-refractivity contribution in [2.75, 3.05) is 13.1 Å². The van der Waals surface area contributed by atoms with Crippen LogP contribution in [0.4, 0.5) is 9.18 Å². The van der Waals surface area contributed by atoms with Crippen LogP contribution in [0.2, 0.25) is 0 Å². The van der Waals surface area contributed by atoms with Crippen molar-refractivity contribution in [3.63, 3.8) is 0 Å². The first-order chi connectivity index (χ1) is 17.8. The molecule has 3 fully saturated rings. The first kappa shape index (κ1) is 28.8. The van der Waals surface area contributed by atoms with Gasteiger partial charge in [-0.15, -0.1) is 0 Å². The van der Waals surface area contributed by atoms with Gasteiger partial charge in [0.2, 0.25) is 0 Å². The first-order valence-electron chi connectivity index (χ1n) is 14.3. The van der Waals surface area contributed by atoms with Crippen LogP contribution in [0, 0.1) is 28.6 Å². The normalized spacial score (nSPS) is 40.7. The van der Waals surface area contributed by atoms with Gasteiger partial charge in [0.05, 0.1) is 6.10 Å². The number of aliphatic hydroxyl groups excluding tert-OH is 1. The maximum absolute atomic E-state index is 17.7. The molecule has 0 aromatic carbocycles. The van der Waals surface area contributed by atoms with Crippen LogP contribution in [0.25, 0.3) is 0 Å². The lowest BCUT2D eigenvalue weighted by molar-refractivity contribution is -0.207. The fraction of sp³-hybridized carbons (Fsp3) is 0.767. The topological polar surface area (TPSA) is 93.1 Å². The Labute approximate surface area is 225 Å². The number of ketones is 1. The number of esters is 1. The molecule has 38 heavy (non-hydrogen) atoms. The zero-order valence-electron chi connectivity index (χ0n) is 23.9. The van der Waals surface area contributed by atoms with Gasteiger partial charge in [-0.3, -0.25) is 9.59 Å². The third-order valence-corrected chi connectivity index (χ3v) is 10.3. The fourth-order valence-corrected chi connectivity index (χ4v) is 8.22. The maximum Gasteiger partial charge on any atom is 0.410 e. The van der Waals surface area contributed by atoms with Crippen molar-refractivity contribution in [2.24, 2.45) is 28.6 Å². The van der Waals surface area contributed by atoms with E-state index in [1.807, 2.05) is 27.7 Å². The Balaban J connectivity index is 1.70. The van der Waals surface area contributed by atoms with E-state index in [0.717, 1.165) is 0 Å². The van der Waals surface area contributed by atoms with Gasteiger partial charge >= 0.3 is 12.1 Å². The van der Waals surface area contributed by atoms with E-state index in [1.54, 1.807) is 26.8 Å². The second kappa shape index (κ2) is 10.1. The summed E-state index contributed by atoms with van der Waals surface area (Å²) in [6, 6.07) is 0. The maximum atomic E-state index is 17.7. The second-order valence-electron chi connectivity index (χ2n) is 12.3. The third kappa shape index (κ3) is 4.13. The standard InChI is InChI=1S/C30H44FNO6/c1-8-25(35)38-26-17(4)13-22-21-12-11-19-14-23(33)20(18(5)37-27(36)32(9-2)10-3)15-29(19,7)30(21,31)24(34)16-28(22,26)6/h14-15,17-18,21-22,24,26,34H,8-13,16H2,1-7H3/t17-,18?,21-,22-,24-,26-,28-,29-,30-/m0/s1. The zero-order chi connectivity index (χ0) is 28.2. The predicted octanol–water partition coefficient (Wildman–Crippen LogP) is 5.16. The summed E-state index contributed by atoms with van der Waals surface area (Å²) >= 11 is 0. The number of ether oxygens (including phenoxy) is 2. The minimum Gasteiger partial charge on any atom is -0.461 e. The molecule has 1 unspecified atom stereocenters. The number of allylic oxidation sites excluding steroid dienone is 3. The van der Waals surface area contributed by atoms with Crippen molar-refractivity contribution in [1.29, 1.82) is 0 Å². The minimum absolute atomic E-state index is 0.0540. The number of aliphatic hydroxyl groups is 1. The van der Waals surface area contributed by atoms with Gasteiger partial charge < -0.3 is 19.5 Å². The van der Waals surface area contributed by atoms with Gasteiger partial charge in [0, 0.05) is 41.8 Å². The Morgan fingerprint density at radius 3 is 2.47 bits per heavy atom. The molecule has 0 bridgehead atoms. The molecule has 0 aromatic heterocycles. The molecule has 0 heterocycles. The van der Waals surface area contributed by atoms with E-state index in [1.165, 1.54) is 11.0 Å². The van der Waals surface area contributed by atoms with Crippen LogP contribution in [-0.2, 0) is 19.1 Å². The van der Waals surface area contributed by atoms with E-state index < -0.39 is 40.7 Å². The molecule has 0 radical (unpaired) electrons. The second-order valence-corrected chi connectivity index (χ2v) is 12.3. The molecular weight excluding hydrogens is 489 g/mol. The van der Waals surface area contributed by atoms with E-state index in [0.29, 0.717) is 37.9 Å². The number of alkyl halides is 1. The highest BCUT2D eigenvalue weighted by Gasteiger charge is 2.72. The number of carbonyl (C=O) groups excluding carboxylic acids is 3. The molecule has 1 N–H and O–H groups in total. The molecule has 1 amide bonds. The lowest BCUT2D eigenvalue weighted by atomic mass is 9.45. The van der Waals surface area contributed by atoms with Crippen molar-refractivity contribution >= 4 is 17.8 Å². The minimum atomic E-state index is -2.01. The Bertz CT molecular complexity index is 1050. The van der Waals surface area contributed by atoms with Crippen LogP contribution < -0.4 is 0 Å². The number of rotatable bonds is 6. The third-order valence-electron chi connectivity index (χ3n) is 10.3. The van der Waals surface area contributed by atoms with Crippen LogP contribution in [0.3, 0.4) is 0 Å². The van der Waals surface area contributed by atoms with Gasteiger partial charge in [0.1, 0.15) is 12.2 Å². The monoisotopic (exact) mass is 533 g/mol. The molecule has 8 heteroatoms. The van der Waals surface area contributed by atoms with Crippen LogP contribution in [0.1, 0.15) is 80.6 Å². The molecule has 4 aliphatic carbocycles. The molecular formula is C30H44FNO6. The number of carbonyl (C=O) groups is 3. The summed E-state index contributed by atoms with van der Waals surface area (Å²) in [5, 5.41) is 11.6. The van der Waals surface area contributed by atoms with Crippen molar-refractivity contribution in [3.8, 4) is 0 Å². The number of fused-ring (bicyclic) bond motifs is 5. The highest BCUT2D eigenvalue weighted by molar-refractivity contribution is 6.06. The van der Waals surface area contributed by atoms with Gasteiger partial charge in [0.25, 0.3) is 0 Å². The Morgan fingerprint density at radius 1 is 1.21 bits per heavy atom. The highest BCUT2D eigenvalue weighted by Crippen LogP contribution is 2.69. The van der Waals surface area contributed by atoms with E-state index in [-0.39, 0.29) is 48.1 Å². The Hall–Kier alpha value is -2.22. The average Bonchev–Trinajstić information content (AvgIpc) is 3.10. The Morgan fingerprint density at radius 2 is 1.87 bits per heavy atom. The van der Waals surface area contributed by atoms with Gasteiger partial charge in [-0.2, -0.15) is 0 Å². The van der Waals surface area contributed by atoms with Crippen LogP contribution in [0.5, 0.6) is 0 Å². The zero-order valence-corrected chi connectivity index (χ0v) is 23.9. The summed E-state index contributed by atoms with van der Waals surface area (Å²) in [5.41, 5.74) is -2.86. The molecule has 0 saturated heterocycles. The summed E-state index contributed by atoms with van der Waals surface area (Å²) in [7, 11) is 0. The van der Waals surface area contributed by atoms with Crippen LogP contribution >= 0.6 is 0 Å². The lowest BCUT2D eigenvalue weighted by Crippen LogP contribution is -2.67. The summed E-state index contributed by atoms with van der Waals surface area (Å²) in [6.07, 6.45) is 2.28. The molecule has 3 saturated carbocycles. The van der Waals surface area contributed by atoms with E-state index in [9.17, 15) is 19.5 Å². The van der Waals surface area contributed by atoms with Gasteiger partial charge in [-0.05, 0) is 71.3 Å². The predicted molar refractivity (Wildman–Crippen MR) is 141 cm³/mol. The molecule has 9 atom stereocenters. The van der Waals surface area contributed by atoms with Crippen molar-refractivity contribution < 1.29 is 33.4 Å². The quantitative estimate of drug-likeness (QED) is 0.474. The first-order valence-corrected chi connectivity index (χ1v) is 14.3. The number of hydrogen-bond acceptors (Lipinski definition) is 6. The van der Waals surface area contributed by atoms with Crippen molar-refractivity contribution in [1.82, 2.24) is 4.90 Å². The molecule has 4 rings (SSSR count). The molecule has 0 spiro atoms. The van der Waals surface area contributed by atoms with Crippen LogP contribution in [0.15, 0.2) is 23.3 Å². The SMILES string of the molecule is CCC(=O)O[C@H]1[C@@H](C)C[C@H]2[C@@H]3CCC4=CC(=O)C(C(C)OC(=O)N(CC)CC)=C[C@]4(C)[C@@]3(F)[C@@H](O)C[C@@]21C. The smallest absolute Gasteiger partial charge is 0.410 e. The molecule has 0 aromatic rings. The van der Waals surface area contributed by atoms with Crippen molar-refractivity contribution in [2.45, 2.75) is 105 Å². The lowest BCUT2D eigenvalue weighted by Gasteiger charge is -2.62. The largest absolute Gasteiger partial charge is 0.461 e. The number of halogens is 1. The summed E-state index contributed by atoms with van der Waals surface area (Å²) in [5.74, 6) is -1.05. The molecule has 4 aliphatic rings. The fourth-order valence-electron chi connectivity index (χ4n) is 8.22. The van der Waals surface area contributed by atoms with Gasteiger partial charge in [-0.25, -0.2) is 9.18 Å². The Kier molecular flexibility index (Phi) is 7.63. The number of hydrogen-bond donors (Lipinski definition) is 1. The van der Waals surface area contributed by atoms with Gasteiger partial charge in [-0.1, -0.05) is 32.4 Å². The highest BCUT2D eigenvalue weighted by atomic mass is 19.1. The summed E-state index contributed by atoms with van der Waals surface area (Å²) < 4.78 is 29.2. The molecule has 0 aliphatic heterocycles. The van der Waals surface area contributed by atoms with Crippen LogP contribution in [-0.4, -0.2) is 64.9 Å². The number of amides is 1. The average molecular weight is 534 g/mol. The number of nitrogens with zero attached hydrogens (tertiary/aromatic N) is 1. The van der Waals surface area contributed by atoms with E-state index in [2.05, 4.69) is 0 Å².